The topological polar surface area (TPSA) is 69.2 Å². The Labute approximate surface area is 129 Å². The fourth-order valence-corrected chi connectivity index (χ4v) is 3.33. The van der Waals surface area contributed by atoms with E-state index in [0.717, 1.165) is 23.3 Å². The Morgan fingerprint density at radius 2 is 1.91 bits per heavy atom. The summed E-state index contributed by atoms with van der Waals surface area (Å²) in [6.07, 6.45) is 1.41. The van der Waals surface area contributed by atoms with E-state index < -0.39 is 5.41 Å². The van der Waals surface area contributed by atoms with Gasteiger partial charge in [0.1, 0.15) is 6.67 Å². The number of hydrogen-bond acceptors (Lipinski definition) is 5. The second-order valence-electron chi connectivity index (χ2n) is 5.67. The summed E-state index contributed by atoms with van der Waals surface area (Å²) in [6.45, 7) is 2.24. The maximum Gasteiger partial charge on any atom is 0.233 e. The molecule has 1 aromatic rings. The largest absolute Gasteiger partial charge is 0.493 e. The number of rotatable bonds is 3. The number of nitrogens with zero attached hydrogens (tertiary/aromatic N) is 1. The molecule has 1 aliphatic carbocycles. The predicted molar refractivity (Wildman–Crippen MR) is 82.1 cm³/mol. The zero-order chi connectivity index (χ0) is 15.9. The smallest absolute Gasteiger partial charge is 0.233 e. The third-order valence-electron chi connectivity index (χ3n) is 4.56. The zero-order valence-corrected chi connectivity index (χ0v) is 13.3. The Balaban J connectivity index is 2.26. The van der Waals surface area contributed by atoms with Crippen LogP contribution >= 0.6 is 0 Å². The lowest BCUT2D eigenvalue weighted by Crippen LogP contribution is -2.51. The van der Waals surface area contributed by atoms with Gasteiger partial charge in [0.05, 0.1) is 32.5 Å². The molecule has 6 heteroatoms. The Morgan fingerprint density at radius 1 is 1.18 bits per heavy atom. The zero-order valence-electron chi connectivity index (χ0n) is 13.3. The van der Waals surface area contributed by atoms with E-state index in [4.69, 9.17) is 14.2 Å². The van der Waals surface area contributed by atoms with Crippen molar-refractivity contribution in [3.05, 3.63) is 17.2 Å². The minimum Gasteiger partial charge on any atom is -0.493 e. The summed E-state index contributed by atoms with van der Waals surface area (Å²) in [5, 5.41) is 2.82. The van der Waals surface area contributed by atoms with Crippen molar-refractivity contribution in [2.75, 3.05) is 28.0 Å². The van der Waals surface area contributed by atoms with Gasteiger partial charge in [0.15, 0.2) is 11.5 Å². The molecule has 0 fully saturated rings. The SMILES string of the molecule is COc1cc2c(c(OC)c1OC)CCC1(C)C(=O)NCN=C21. The van der Waals surface area contributed by atoms with Crippen molar-refractivity contribution in [2.45, 2.75) is 19.8 Å². The van der Waals surface area contributed by atoms with Gasteiger partial charge in [-0.3, -0.25) is 9.79 Å². The van der Waals surface area contributed by atoms with Crippen molar-refractivity contribution >= 4 is 11.6 Å². The molecule has 0 bridgehead atoms. The van der Waals surface area contributed by atoms with Crippen LogP contribution < -0.4 is 19.5 Å². The molecule has 1 atom stereocenters. The molecule has 0 aromatic heterocycles. The summed E-state index contributed by atoms with van der Waals surface area (Å²) < 4.78 is 16.4. The van der Waals surface area contributed by atoms with Gasteiger partial charge in [-0.05, 0) is 25.8 Å². The molecule has 0 saturated heterocycles. The van der Waals surface area contributed by atoms with Crippen LogP contribution in [0.2, 0.25) is 0 Å². The second kappa shape index (κ2) is 5.19. The summed E-state index contributed by atoms with van der Waals surface area (Å²) >= 11 is 0. The highest BCUT2D eigenvalue weighted by molar-refractivity contribution is 6.19. The van der Waals surface area contributed by atoms with Crippen LogP contribution in [0.3, 0.4) is 0 Å². The molecule has 1 amide bonds. The monoisotopic (exact) mass is 304 g/mol. The Morgan fingerprint density at radius 3 is 2.55 bits per heavy atom. The van der Waals surface area contributed by atoms with E-state index in [2.05, 4.69) is 10.3 Å². The minimum absolute atomic E-state index is 0.0249. The maximum atomic E-state index is 12.3. The highest BCUT2D eigenvalue weighted by Crippen LogP contribution is 2.48. The van der Waals surface area contributed by atoms with E-state index in [1.54, 1.807) is 21.3 Å². The molecule has 0 saturated carbocycles. The van der Waals surface area contributed by atoms with Crippen LogP contribution in [0.5, 0.6) is 17.2 Å². The molecule has 1 aliphatic heterocycles. The van der Waals surface area contributed by atoms with E-state index >= 15 is 0 Å². The number of aliphatic imine (C=N–C) groups is 1. The number of fused-ring (bicyclic) bond motifs is 3. The lowest BCUT2D eigenvalue weighted by Gasteiger charge is -2.38. The number of hydrogen-bond donors (Lipinski definition) is 1. The van der Waals surface area contributed by atoms with Crippen molar-refractivity contribution in [1.29, 1.82) is 0 Å². The number of carbonyl (C=O) groups is 1. The average molecular weight is 304 g/mol. The van der Waals surface area contributed by atoms with Crippen molar-refractivity contribution < 1.29 is 19.0 Å². The third-order valence-corrected chi connectivity index (χ3v) is 4.56. The number of benzene rings is 1. The van der Waals surface area contributed by atoms with Gasteiger partial charge in [0, 0.05) is 11.1 Å². The number of ether oxygens (including phenoxy) is 3. The molecule has 3 rings (SSSR count). The van der Waals surface area contributed by atoms with Crippen LogP contribution in [0.15, 0.2) is 11.1 Å². The standard InChI is InChI=1S/C16H20N2O4/c1-16-6-5-9-10(14(16)17-8-18-15(16)19)7-11(20-2)13(22-4)12(9)21-3/h7H,5-6,8H2,1-4H3,(H,18,19). The highest BCUT2D eigenvalue weighted by atomic mass is 16.5. The lowest BCUT2D eigenvalue weighted by molar-refractivity contribution is -0.127. The van der Waals surface area contributed by atoms with Crippen molar-refractivity contribution in [2.24, 2.45) is 10.4 Å². The second-order valence-corrected chi connectivity index (χ2v) is 5.67. The first-order valence-electron chi connectivity index (χ1n) is 7.22. The van der Waals surface area contributed by atoms with Gasteiger partial charge in [-0.2, -0.15) is 0 Å². The van der Waals surface area contributed by atoms with E-state index in [0.29, 0.717) is 30.3 Å². The summed E-state index contributed by atoms with van der Waals surface area (Å²) in [4.78, 5) is 16.9. The van der Waals surface area contributed by atoms with Crippen LogP contribution in [0.4, 0.5) is 0 Å². The van der Waals surface area contributed by atoms with E-state index in [9.17, 15) is 4.79 Å². The quantitative estimate of drug-likeness (QED) is 0.919. The van der Waals surface area contributed by atoms with Gasteiger partial charge in [-0.15, -0.1) is 0 Å². The van der Waals surface area contributed by atoms with Crippen LogP contribution in [0.25, 0.3) is 0 Å². The molecule has 1 aromatic carbocycles. The first-order valence-corrected chi connectivity index (χ1v) is 7.22. The molecule has 0 radical (unpaired) electrons. The van der Waals surface area contributed by atoms with Crippen molar-refractivity contribution in [1.82, 2.24) is 5.32 Å². The minimum atomic E-state index is -0.601. The fraction of sp³-hybridized carbons (Fsp3) is 0.500. The third kappa shape index (κ3) is 1.86. The first-order chi connectivity index (χ1) is 10.6. The van der Waals surface area contributed by atoms with Crippen LogP contribution in [0.1, 0.15) is 24.5 Å². The van der Waals surface area contributed by atoms with Gasteiger partial charge in [0.2, 0.25) is 11.7 Å². The Hall–Kier alpha value is -2.24. The molecular weight excluding hydrogens is 284 g/mol. The van der Waals surface area contributed by atoms with Crippen LogP contribution in [0, 0.1) is 5.41 Å². The summed E-state index contributed by atoms with van der Waals surface area (Å²) in [6, 6.07) is 1.89. The van der Waals surface area contributed by atoms with Crippen molar-refractivity contribution in [3.8, 4) is 17.2 Å². The average Bonchev–Trinajstić information content (AvgIpc) is 2.54. The Kier molecular flexibility index (Phi) is 3.47. The summed E-state index contributed by atoms with van der Waals surface area (Å²) in [7, 11) is 4.78. The number of carbonyl (C=O) groups excluding carboxylic acids is 1. The molecule has 0 spiro atoms. The lowest BCUT2D eigenvalue weighted by atomic mass is 9.69. The molecule has 1 heterocycles. The normalized spacial score (nSPS) is 22.9. The summed E-state index contributed by atoms with van der Waals surface area (Å²) in [5.74, 6) is 1.84. The molecule has 6 nitrogen and oxygen atoms in total. The predicted octanol–water partition coefficient (Wildman–Crippen LogP) is 1.54. The van der Waals surface area contributed by atoms with Gasteiger partial charge < -0.3 is 19.5 Å². The molecule has 22 heavy (non-hydrogen) atoms. The molecule has 1 N–H and O–H groups in total. The van der Waals surface area contributed by atoms with Gasteiger partial charge in [-0.1, -0.05) is 0 Å². The molecule has 1 unspecified atom stereocenters. The van der Waals surface area contributed by atoms with Crippen LogP contribution in [-0.4, -0.2) is 39.6 Å². The van der Waals surface area contributed by atoms with E-state index in [1.807, 2.05) is 13.0 Å². The summed E-state index contributed by atoms with van der Waals surface area (Å²) in [5.41, 5.74) is 2.14. The number of methoxy groups -OCH3 is 3. The maximum absolute atomic E-state index is 12.3. The van der Waals surface area contributed by atoms with E-state index in [-0.39, 0.29) is 5.91 Å². The number of nitrogens with one attached hydrogen (secondary N) is 1. The first kappa shape index (κ1) is 14.7. The van der Waals surface area contributed by atoms with E-state index in [1.165, 1.54) is 0 Å². The van der Waals surface area contributed by atoms with Gasteiger partial charge >= 0.3 is 0 Å². The fourth-order valence-electron chi connectivity index (χ4n) is 3.33. The van der Waals surface area contributed by atoms with Crippen molar-refractivity contribution in [3.63, 3.8) is 0 Å². The van der Waals surface area contributed by atoms with Gasteiger partial charge in [-0.25, -0.2) is 0 Å². The van der Waals surface area contributed by atoms with Crippen LogP contribution in [-0.2, 0) is 11.2 Å². The molecule has 118 valence electrons. The molecular formula is C16H20N2O4. The van der Waals surface area contributed by atoms with Gasteiger partial charge in [0.25, 0.3) is 0 Å². The number of amides is 1. The highest BCUT2D eigenvalue weighted by Gasteiger charge is 2.45. The Bertz CT molecular complexity index is 669. The molecule has 2 aliphatic rings.